The van der Waals surface area contributed by atoms with Gasteiger partial charge in [0.1, 0.15) is 0 Å². The maximum absolute atomic E-state index is 11.8. The Balaban J connectivity index is 1.73. The third-order valence-electron chi connectivity index (χ3n) is 3.64. The largest absolute Gasteiger partial charge is 0.352 e. The molecule has 0 aromatic heterocycles. The summed E-state index contributed by atoms with van der Waals surface area (Å²) in [4.78, 5) is 23.6. The van der Waals surface area contributed by atoms with Gasteiger partial charge in [-0.25, -0.2) is 0 Å². The number of carbonyl (C=O) groups excluding carboxylic acids is 2. The van der Waals surface area contributed by atoms with Gasteiger partial charge in [0, 0.05) is 11.6 Å². The quantitative estimate of drug-likeness (QED) is 0.734. The highest BCUT2D eigenvalue weighted by atomic mass is 16.2. The summed E-state index contributed by atoms with van der Waals surface area (Å²) in [6.07, 6.45) is 1.08. The number of rotatable bonds is 5. The Kier molecular flexibility index (Phi) is 5.12. The summed E-state index contributed by atoms with van der Waals surface area (Å²) in [7, 11) is 0. The van der Waals surface area contributed by atoms with Gasteiger partial charge in [0.05, 0.1) is 6.54 Å². The van der Waals surface area contributed by atoms with E-state index in [1.54, 1.807) is 24.3 Å². The van der Waals surface area contributed by atoms with Crippen molar-refractivity contribution in [1.82, 2.24) is 16.0 Å². The fraction of sp³-hybridized carbons (Fsp3) is 0.467. The molecule has 0 bridgehead atoms. The Bertz CT molecular complexity index is 455. The van der Waals surface area contributed by atoms with Gasteiger partial charge < -0.3 is 16.0 Å². The fourth-order valence-corrected chi connectivity index (χ4v) is 2.38. The minimum absolute atomic E-state index is 0.0121. The molecule has 1 aromatic rings. The monoisotopic (exact) mass is 275 g/mol. The van der Waals surface area contributed by atoms with E-state index in [9.17, 15) is 9.59 Å². The second-order valence-electron chi connectivity index (χ2n) is 5.16. The van der Waals surface area contributed by atoms with Crippen molar-refractivity contribution >= 4 is 11.8 Å². The van der Waals surface area contributed by atoms with Gasteiger partial charge in [-0.3, -0.25) is 9.59 Å². The van der Waals surface area contributed by atoms with Crippen LogP contribution >= 0.6 is 0 Å². The zero-order valence-corrected chi connectivity index (χ0v) is 11.7. The molecule has 2 rings (SSSR count). The summed E-state index contributed by atoms with van der Waals surface area (Å²) in [5, 5.41) is 8.84. The maximum Gasteiger partial charge on any atom is 0.251 e. The van der Waals surface area contributed by atoms with Gasteiger partial charge in [0.2, 0.25) is 5.91 Å². The Morgan fingerprint density at radius 1 is 1.35 bits per heavy atom. The Hall–Kier alpha value is -1.88. The van der Waals surface area contributed by atoms with Crippen molar-refractivity contribution < 1.29 is 9.59 Å². The predicted octanol–water partition coefficient (Wildman–Crippen LogP) is 0.531. The van der Waals surface area contributed by atoms with E-state index in [1.165, 1.54) is 0 Å². The van der Waals surface area contributed by atoms with Crippen LogP contribution in [0.5, 0.6) is 0 Å². The van der Waals surface area contributed by atoms with Crippen molar-refractivity contribution in [2.45, 2.75) is 19.4 Å². The lowest BCUT2D eigenvalue weighted by Crippen LogP contribution is -2.44. The highest BCUT2D eigenvalue weighted by Crippen LogP contribution is 2.11. The first kappa shape index (κ1) is 14.5. The van der Waals surface area contributed by atoms with Crippen molar-refractivity contribution in [1.29, 1.82) is 0 Å². The SMILES string of the molecule is CC(NC(=O)CNC(=O)c1ccccc1)C1CCNC1. The first-order chi connectivity index (χ1) is 9.66. The molecular formula is C15H21N3O2. The number of benzene rings is 1. The predicted molar refractivity (Wildman–Crippen MR) is 77.4 cm³/mol. The summed E-state index contributed by atoms with van der Waals surface area (Å²) in [6.45, 7) is 3.97. The van der Waals surface area contributed by atoms with Gasteiger partial charge >= 0.3 is 0 Å². The molecule has 1 aliphatic rings. The molecule has 0 radical (unpaired) electrons. The smallest absolute Gasteiger partial charge is 0.251 e. The van der Waals surface area contributed by atoms with E-state index < -0.39 is 0 Å². The van der Waals surface area contributed by atoms with Crippen LogP contribution in [-0.2, 0) is 4.79 Å². The van der Waals surface area contributed by atoms with Crippen molar-refractivity contribution in [3.8, 4) is 0 Å². The maximum atomic E-state index is 11.8. The molecule has 1 aromatic carbocycles. The van der Waals surface area contributed by atoms with Crippen LogP contribution in [0.15, 0.2) is 30.3 Å². The van der Waals surface area contributed by atoms with Crippen LogP contribution in [0.2, 0.25) is 0 Å². The van der Waals surface area contributed by atoms with Gasteiger partial charge in [0.25, 0.3) is 5.91 Å². The zero-order valence-electron chi connectivity index (χ0n) is 11.7. The summed E-state index contributed by atoms with van der Waals surface area (Å²) < 4.78 is 0. The summed E-state index contributed by atoms with van der Waals surface area (Å²) in [5.41, 5.74) is 0.563. The van der Waals surface area contributed by atoms with Gasteiger partial charge in [0.15, 0.2) is 0 Å². The van der Waals surface area contributed by atoms with Gasteiger partial charge in [-0.2, -0.15) is 0 Å². The van der Waals surface area contributed by atoms with E-state index in [0.717, 1.165) is 19.5 Å². The van der Waals surface area contributed by atoms with Gasteiger partial charge in [-0.15, -0.1) is 0 Å². The lowest BCUT2D eigenvalue weighted by atomic mass is 10.0. The van der Waals surface area contributed by atoms with Crippen LogP contribution in [0, 0.1) is 5.92 Å². The highest BCUT2D eigenvalue weighted by molar-refractivity contribution is 5.96. The molecule has 2 atom stereocenters. The number of hydrogen-bond donors (Lipinski definition) is 3. The third kappa shape index (κ3) is 4.06. The molecule has 5 nitrogen and oxygen atoms in total. The second kappa shape index (κ2) is 7.05. The average Bonchev–Trinajstić information content (AvgIpc) is 3.00. The van der Waals surface area contributed by atoms with Crippen molar-refractivity contribution in [2.75, 3.05) is 19.6 Å². The van der Waals surface area contributed by atoms with Crippen LogP contribution in [0.4, 0.5) is 0 Å². The summed E-state index contributed by atoms with van der Waals surface area (Å²) in [5.74, 6) is 0.105. The molecule has 20 heavy (non-hydrogen) atoms. The lowest BCUT2D eigenvalue weighted by molar-refractivity contribution is -0.121. The molecule has 1 aliphatic heterocycles. The molecule has 0 saturated carbocycles. The van der Waals surface area contributed by atoms with E-state index in [1.807, 2.05) is 13.0 Å². The second-order valence-corrected chi connectivity index (χ2v) is 5.16. The molecule has 2 amide bonds. The summed E-state index contributed by atoms with van der Waals surface area (Å²) in [6, 6.07) is 9.01. The number of hydrogen-bond acceptors (Lipinski definition) is 3. The van der Waals surface area contributed by atoms with E-state index in [4.69, 9.17) is 0 Å². The van der Waals surface area contributed by atoms with E-state index >= 15 is 0 Å². The number of nitrogens with one attached hydrogen (secondary N) is 3. The zero-order chi connectivity index (χ0) is 14.4. The molecule has 1 saturated heterocycles. The van der Waals surface area contributed by atoms with Gasteiger partial charge in [-0.1, -0.05) is 18.2 Å². The molecule has 1 fully saturated rings. The van der Waals surface area contributed by atoms with E-state index in [2.05, 4.69) is 16.0 Å². The van der Waals surface area contributed by atoms with E-state index in [-0.39, 0.29) is 24.4 Å². The van der Waals surface area contributed by atoms with Crippen LogP contribution in [-0.4, -0.2) is 37.5 Å². The first-order valence-corrected chi connectivity index (χ1v) is 7.00. The third-order valence-corrected chi connectivity index (χ3v) is 3.64. The molecule has 0 aliphatic carbocycles. The molecule has 5 heteroatoms. The standard InChI is InChI=1S/C15H21N3O2/c1-11(13-7-8-16-9-13)18-14(19)10-17-15(20)12-5-3-2-4-6-12/h2-6,11,13,16H,7-10H2,1H3,(H,17,20)(H,18,19). The molecule has 1 heterocycles. The summed E-state index contributed by atoms with van der Waals surface area (Å²) >= 11 is 0. The van der Waals surface area contributed by atoms with Crippen LogP contribution < -0.4 is 16.0 Å². The lowest BCUT2D eigenvalue weighted by Gasteiger charge is -2.19. The van der Waals surface area contributed by atoms with E-state index in [0.29, 0.717) is 11.5 Å². The topological polar surface area (TPSA) is 70.2 Å². The molecule has 0 spiro atoms. The molecular weight excluding hydrogens is 254 g/mol. The number of amides is 2. The van der Waals surface area contributed by atoms with Crippen LogP contribution in [0.1, 0.15) is 23.7 Å². The van der Waals surface area contributed by atoms with Crippen LogP contribution in [0.3, 0.4) is 0 Å². The van der Waals surface area contributed by atoms with Gasteiger partial charge in [-0.05, 0) is 44.5 Å². The molecule has 2 unspecified atom stereocenters. The van der Waals surface area contributed by atoms with Crippen LogP contribution in [0.25, 0.3) is 0 Å². The first-order valence-electron chi connectivity index (χ1n) is 7.00. The molecule has 3 N–H and O–H groups in total. The Morgan fingerprint density at radius 2 is 2.10 bits per heavy atom. The minimum Gasteiger partial charge on any atom is -0.352 e. The fourth-order valence-electron chi connectivity index (χ4n) is 2.38. The average molecular weight is 275 g/mol. The Morgan fingerprint density at radius 3 is 2.75 bits per heavy atom. The number of carbonyl (C=O) groups is 2. The van der Waals surface area contributed by atoms with Crippen molar-refractivity contribution in [3.05, 3.63) is 35.9 Å². The van der Waals surface area contributed by atoms with Crippen molar-refractivity contribution in [2.24, 2.45) is 5.92 Å². The molecule has 108 valence electrons. The normalized spacial score (nSPS) is 19.4. The van der Waals surface area contributed by atoms with Crippen molar-refractivity contribution in [3.63, 3.8) is 0 Å². The minimum atomic E-state index is -0.226. The Labute approximate surface area is 119 Å². The highest BCUT2D eigenvalue weighted by Gasteiger charge is 2.22.